The quantitative estimate of drug-likeness (QED) is 0.721. The van der Waals surface area contributed by atoms with Crippen LogP contribution in [-0.2, 0) is 0 Å². The predicted octanol–water partition coefficient (Wildman–Crippen LogP) is 4.30. The summed E-state index contributed by atoms with van der Waals surface area (Å²) in [5.41, 5.74) is 0. The van der Waals surface area contributed by atoms with Gasteiger partial charge in [-0.25, -0.2) is 0 Å². The molecule has 2 heteroatoms. The van der Waals surface area contributed by atoms with Crippen molar-refractivity contribution >= 4 is 11.8 Å². The van der Waals surface area contributed by atoms with Gasteiger partial charge in [-0.1, -0.05) is 41.5 Å². The Labute approximate surface area is 106 Å². The maximum Gasteiger partial charge on any atom is 0.0659 e. The summed E-state index contributed by atoms with van der Waals surface area (Å²) in [7, 11) is 0. The van der Waals surface area contributed by atoms with Crippen LogP contribution in [0.5, 0.6) is 0 Å². The van der Waals surface area contributed by atoms with Crippen molar-refractivity contribution in [1.29, 1.82) is 0 Å². The van der Waals surface area contributed by atoms with Gasteiger partial charge in [-0.3, -0.25) is 0 Å². The topological polar surface area (TPSA) is 20.2 Å². The fourth-order valence-corrected chi connectivity index (χ4v) is 3.41. The fourth-order valence-electron chi connectivity index (χ4n) is 1.73. The van der Waals surface area contributed by atoms with Gasteiger partial charge < -0.3 is 5.11 Å². The first-order chi connectivity index (χ1) is 7.26. The lowest BCUT2D eigenvalue weighted by atomic mass is 10.0. The highest BCUT2D eigenvalue weighted by Crippen LogP contribution is 2.34. The molecule has 0 amide bonds. The number of hydrogen-bond acceptors (Lipinski definition) is 2. The second-order valence-electron chi connectivity index (χ2n) is 5.95. The summed E-state index contributed by atoms with van der Waals surface area (Å²) in [6.45, 7) is 13.2. The van der Waals surface area contributed by atoms with Crippen LogP contribution in [0.25, 0.3) is 0 Å². The van der Waals surface area contributed by atoms with E-state index < -0.39 is 0 Å². The SMILES string of the molecule is C[CH]CCC(O)[C@H](CC(C)C)SC(C)(C)C. The van der Waals surface area contributed by atoms with Crippen molar-refractivity contribution in [3.63, 3.8) is 0 Å². The lowest BCUT2D eigenvalue weighted by Crippen LogP contribution is -2.29. The van der Waals surface area contributed by atoms with E-state index in [4.69, 9.17) is 0 Å². The minimum atomic E-state index is -0.164. The lowest BCUT2D eigenvalue weighted by Gasteiger charge is -2.30. The van der Waals surface area contributed by atoms with E-state index in [0.717, 1.165) is 19.3 Å². The first kappa shape index (κ1) is 16.3. The van der Waals surface area contributed by atoms with Crippen LogP contribution in [0.15, 0.2) is 0 Å². The Morgan fingerprint density at radius 1 is 1.25 bits per heavy atom. The Kier molecular flexibility index (Phi) is 7.75. The molecule has 0 saturated heterocycles. The van der Waals surface area contributed by atoms with Gasteiger partial charge in [0, 0.05) is 10.00 Å². The van der Waals surface area contributed by atoms with Gasteiger partial charge in [0.2, 0.25) is 0 Å². The third kappa shape index (κ3) is 8.46. The molecule has 0 aliphatic carbocycles. The van der Waals surface area contributed by atoms with Crippen molar-refractivity contribution in [2.45, 2.75) is 76.9 Å². The first-order valence-corrected chi connectivity index (χ1v) is 7.28. The zero-order chi connectivity index (χ0) is 12.8. The maximum absolute atomic E-state index is 10.2. The normalized spacial score (nSPS) is 16.5. The molecule has 1 radical (unpaired) electrons. The standard InChI is InChI=1S/C14H29OS/c1-7-8-9-12(15)13(10-11(2)3)16-14(4,5)6/h7,11-13,15H,8-10H2,1-6H3/t12?,13-/m0/s1. The van der Waals surface area contributed by atoms with E-state index in [1.165, 1.54) is 0 Å². The van der Waals surface area contributed by atoms with E-state index >= 15 is 0 Å². The fraction of sp³-hybridized carbons (Fsp3) is 0.929. The molecule has 0 aromatic carbocycles. The second-order valence-corrected chi connectivity index (χ2v) is 8.02. The van der Waals surface area contributed by atoms with E-state index in [2.05, 4.69) is 48.0 Å². The minimum absolute atomic E-state index is 0.164. The number of hydrogen-bond donors (Lipinski definition) is 1. The van der Waals surface area contributed by atoms with Crippen molar-refractivity contribution in [2.24, 2.45) is 5.92 Å². The van der Waals surface area contributed by atoms with Crippen molar-refractivity contribution in [3.05, 3.63) is 6.42 Å². The molecule has 0 bridgehead atoms. The summed E-state index contributed by atoms with van der Waals surface area (Å²) < 4.78 is 0.233. The largest absolute Gasteiger partial charge is 0.392 e. The minimum Gasteiger partial charge on any atom is -0.392 e. The number of rotatable bonds is 7. The van der Waals surface area contributed by atoms with E-state index in [1.54, 1.807) is 0 Å². The van der Waals surface area contributed by atoms with Crippen LogP contribution < -0.4 is 0 Å². The monoisotopic (exact) mass is 245 g/mol. The number of aliphatic hydroxyl groups excluding tert-OH is 1. The van der Waals surface area contributed by atoms with Gasteiger partial charge in [-0.05, 0) is 31.6 Å². The molecule has 1 unspecified atom stereocenters. The Balaban J connectivity index is 4.29. The van der Waals surface area contributed by atoms with Crippen LogP contribution in [0.3, 0.4) is 0 Å². The van der Waals surface area contributed by atoms with Crippen molar-refractivity contribution < 1.29 is 5.11 Å². The molecule has 16 heavy (non-hydrogen) atoms. The summed E-state index contributed by atoms with van der Waals surface area (Å²) in [5, 5.41) is 10.6. The summed E-state index contributed by atoms with van der Waals surface area (Å²) in [4.78, 5) is 0. The van der Waals surface area contributed by atoms with Crippen molar-refractivity contribution in [1.82, 2.24) is 0 Å². The summed E-state index contributed by atoms with van der Waals surface area (Å²) >= 11 is 1.92. The van der Waals surface area contributed by atoms with Crippen LogP contribution in [-0.4, -0.2) is 21.2 Å². The average molecular weight is 245 g/mol. The summed E-state index contributed by atoms with van der Waals surface area (Å²) in [5.74, 6) is 0.653. The van der Waals surface area contributed by atoms with Gasteiger partial charge in [0.25, 0.3) is 0 Å². The highest BCUT2D eigenvalue weighted by Gasteiger charge is 2.25. The molecule has 2 atom stereocenters. The van der Waals surface area contributed by atoms with Gasteiger partial charge >= 0.3 is 0 Å². The Morgan fingerprint density at radius 2 is 1.81 bits per heavy atom. The van der Waals surface area contributed by atoms with Crippen molar-refractivity contribution in [3.8, 4) is 0 Å². The second kappa shape index (κ2) is 7.60. The van der Waals surface area contributed by atoms with Gasteiger partial charge in [0.15, 0.2) is 0 Å². The highest BCUT2D eigenvalue weighted by molar-refractivity contribution is 8.01. The molecule has 0 aromatic heterocycles. The molecule has 0 aromatic rings. The third-order valence-electron chi connectivity index (χ3n) is 2.39. The van der Waals surface area contributed by atoms with Crippen LogP contribution in [0, 0.1) is 12.3 Å². The first-order valence-electron chi connectivity index (χ1n) is 6.40. The van der Waals surface area contributed by atoms with Crippen LogP contribution >= 0.6 is 11.8 Å². The maximum atomic E-state index is 10.2. The van der Waals surface area contributed by atoms with E-state index in [-0.39, 0.29) is 10.9 Å². The van der Waals surface area contributed by atoms with Crippen molar-refractivity contribution in [2.75, 3.05) is 0 Å². The van der Waals surface area contributed by atoms with Gasteiger partial charge in [-0.15, -0.1) is 11.8 Å². The molecular weight excluding hydrogens is 216 g/mol. The Bertz CT molecular complexity index is 172. The molecule has 1 N–H and O–H groups in total. The number of thioether (sulfide) groups is 1. The zero-order valence-electron chi connectivity index (χ0n) is 11.8. The summed E-state index contributed by atoms with van der Waals surface area (Å²) in [6, 6.07) is 0. The van der Waals surface area contributed by atoms with Gasteiger partial charge in [0.05, 0.1) is 6.10 Å². The number of aliphatic hydroxyl groups is 1. The van der Waals surface area contributed by atoms with Gasteiger partial charge in [0.1, 0.15) is 0 Å². The molecule has 97 valence electrons. The average Bonchev–Trinajstić information content (AvgIpc) is 2.10. The Morgan fingerprint density at radius 3 is 2.19 bits per heavy atom. The number of unbranched alkanes of at least 4 members (excludes halogenated alkanes) is 1. The molecule has 0 aliphatic rings. The molecule has 0 aliphatic heterocycles. The highest BCUT2D eigenvalue weighted by atomic mass is 32.2. The van der Waals surface area contributed by atoms with E-state index in [1.807, 2.05) is 11.8 Å². The van der Waals surface area contributed by atoms with Crippen LogP contribution in [0.4, 0.5) is 0 Å². The zero-order valence-corrected chi connectivity index (χ0v) is 12.6. The molecular formula is C14H29OS. The Hall–Kier alpha value is 0.310. The molecule has 0 fully saturated rings. The molecule has 0 rings (SSSR count). The van der Waals surface area contributed by atoms with Gasteiger partial charge in [-0.2, -0.15) is 0 Å². The molecule has 0 saturated carbocycles. The predicted molar refractivity (Wildman–Crippen MR) is 75.8 cm³/mol. The smallest absolute Gasteiger partial charge is 0.0659 e. The van der Waals surface area contributed by atoms with E-state index in [0.29, 0.717) is 11.2 Å². The molecule has 1 nitrogen and oxygen atoms in total. The molecule has 0 heterocycles. The summed E-state index contributed by atoms with van der Waals surface area (Å²) in [6.07, 6.45) is 4.99. The van der Waals surface area contributed by atoms with E-state index in [9.17, 15) is 5.11 Å². The molecule has 0 spiro atoms. The lowest BCUT2D eigenvalue weighted by molar-refractivity contribution is 0.153. The van der Waals surface area contributed by atoms with Crippen LogP contribution in [0.1, 0.15) is 60.8 Å². The third-order valence-corrected chi connectivity index (χ3v) is 3.91. The van der Waals surface area contributed by atoms with Crippen LogP contribution in [0.2, 0.25) is 0 Å².